The van der Waals surface area contributed by atoms with Gasteiger partial charge in [0.2, 0.25) is 0 Å². The van der Waals surface area contributed by atoms with Gasteiger partial charge in [-0.15, -0.1) is 0 Å². The fraction of sp³-hybridized carbons (Fsp3) is 0.705. The lowest BCUT2D eigenvalue weighted by atomic mass is 10.1. The molecule has 0 saturated heterocycles. The molecule has 0 rings (SSSR count). The maximum absolute atomic E-state index is 12.6. The number of unbranched alkanes of at least 4 members (excludes halogenated alkanes) is 15. The molecule has 0 amide bonds. The number of aliphatic hydroxyl groups excluding tert-OH is 1. The topological polar surface area (TPSA) is 192 Å². The van der Waals surface area contributed by atoms with Crippen LogP contribution in [-0.4, -0.2) is 71.1 Å². The van der Waals surface area contributed by atoms with Crippen LogP contribution in [0.3, 0.4) is 0 Å². The van der Waals surface area contributed by atoms with E-state index in [1.807, 2.05) is 36.5 Å². The third kappa shape index (κ3) is 38.4. The van der Waals surface area contributed by atoms with Gasteiger partial charge in [0, 0.05) is 12.8 Å². The molecule has 0 fully saturated rings. The average molecular weight is 826 g/mol. The van der Waals surface area contributed by atoms with E-state index in [1.165, 1.54) is 57.8 Å². The second-order valence-corrected chi connectivity index (χ2v) is 15.8. The molecule has 13 heteroatoms. The molecule has 0 aliphatic heterocycles. The number of rotatable bonds is 39. The Balaban J connectivity index is 4.56. The molecule has 0 aromatic rings. The number of carboxylic acids is 1. The van der Waals surface area contributed by atoms with Gasteiger partial charge in [0.25, 0.3) is 0 Å². The molecule has 0 radical (unpaired) electrons. The van der Waals surface area contributed by atoms with Gasteiger partial charge < -0.3 is 30.3 Å². The maximum atomic E-state index is 12.6. The lowest BCUT2D eigenvalue weighted by Gasteiger charge is -2.20. The van der Waals surface area contributed by atoms with Crippen molar-refractivity contribution in [3.63, 3.8) is 0 Å². The molecule has 12 nitrogen and oxygen atoms in total. The Bertz CT molecular complexity index is 1220. The van der Waals surface area contributed by atoms with Crippen molar-refractivity contribution in [2.45, 2.75) is 180 Å². The minimum absolute atomic E-state index is 0.0475. The summed E-state index contributed by atoms with van der Waals surface area (Å²) in [6, 6.07) is -1.54. The Hall–Kier alpha value is -2.86. The number of carbonyl (C=O) groups is 3. The van der Waals surface area contributed by atoms with Gasteiger partial charge in [0.1, 0.15) is 12.6 Å². The minimum atomic E-state index is -4.75. The van der Waals surface area contributed by atoms with Crippen LogP contribution in [0.5, 0.6) is 0 Å². The Morgan fingerprint density at radius 3 is 1.84 bits per heavy atom. The number of carboxylic acid groups (broad SMARTS) is 1. The van der Waals surface area contributed by atoms with Crippen LogP contribution in [0, 0.1) is 0 Å². The zero-order valence-corrected chi connectivity index (χ0v) is 35.9. The number of phosphoric acid groups is 1. The van der Waals surface area contributed by atoms with Crippen molar-refractivity contribution < 1.29 is 52.6 Å². The molecule has 0 aromatic carbocycles. The van der Waals surface area contributed by atoms with Crippen LogP contribution in [0.2, 0.25) is 0 Å². The zero-order chi connectivity index (χ0) is 42.2. The van der Waals surface area contributed by atoms with Crippen LogP contribution in [-0.2, 0) is 37.5 Å². The molecule has 0 heterocycles. The van der Waals surface area contributed by atoms with Crippen LogP contribution < -0.4 is 5.73 Å². The third-order valence-corrected chi connectivity index (χ3v) is 9.77. The van der Waals surface area contributed by atoms with Crippen molar-refractivity contribution in [3.05, 3.63) is 60.8 Å². The predicted molar refractivity (Wildman–Crippen MR) is 227 cm³/mol. The molecule has 5 N–H and O–H groups in total. The molecular weight excluding hydrogens is 749 g/mol. The molecule has 0 aromatic heterocycles. The van der Waals surface area contributed by atoms with Crippen molar-refractivity contribution in [1.29, 1.82) is 0 Å². The summed E-state index contributed by atoms with van der Waals surface area (Å²) in [7, 11) is -4.75. The standard InChI is InChI=1S/C44H76NO11P/c1-3-5-7-9-11-12-13-14-15-16-17-18-22-26-30-34-42(47)53-36-40(37-54-57(51,52)55-38-41(45)44(49)50)56-43(48)35-31-27-23-19-21-25-29-33-39(46)32-28-24-20-10-8-6-4-2/h14-15,19-20,23-25,28-29,32,39-41,46H,3-13,16-18,21-22,26-27,30-31,33-38,45H2,1-2H3,(H,49,50)(H,51,52)/b15-14-,23-19+,24-20-,29-25-,32-28-/t39-,40+,41-/m0/s1. The normalized spacial score (nSPS) is 14.9. The summed E-state index contributed by atoms with van der Waals surface area (Å²) in [6.45, 7) is 2.61. The Kier molecular flexibility index (Phi) is 36.7. The summed E-state index contributed by atoms with van der Waals surface area (Å²) in [4.78, 5) is 45.9. The highest BCUT2D eigenvalue weighted by Gasteiger charge is 2.28. The molecule has 0 spiro atoms. The van der Waals surface area contributed by atoms with Gasteiger partial charge in [-0.1, -0.05) is 139 Å². The van der Waals surface area contributed by atoms with Crippen LogP contribution in [0.25, 0.3) is 0 Å². The molecular formula is C44H76NO11P. The highest BCUT2D eigenvalue weighted by Crippen LogP contribution is 2.43. The van der Waals surface area contributed by atoms with Crippen molar-refractivity contribution >= 4 is 25.7 Å². The van der Waals surface area contributed by atoms with Crippen LogP contribution in [0.15, 0.2) is 60.8 Å². The van der Waals surface area contributed by atoms with Crippen LogP contribution in [0.4, 0.5) is 0 Å². The first-order valence-electron chi connectivity index (χ1n) is 21.4. The van der Waals surface area contributed by atoms with E-state index in [-0.39, 0.29) is 12.8 Å². The number of esters is 2. The number of aliphatic carboxylic acids is 1. The van der Waals surface area contributed by atoms with E-state index in [2.05, 4.69) is 36.6 Å². The lowest BCUT2D eigenvalue weighted by Crippen LogP contribution is -2.34. The highest BCUT2D eigenvalue weighted by atomic mass is 31.2. The number of aliphatic hydroxyl groups is 1. The van der Waals surface area contributed by atoms with E-state index in [0.717, 1.165) is 44.9 Å². The van der Waals surface area contributed by atoms with E-state index >= 15 is 0 Å². The smallest absolute Gasteiger partial charge is 0.472 e. The molecule has 0 bridgehead atoms. The SMILES string of the molecule is CCCCC/C=C\C=C/[C@H](O)C/C=C\C/C=C/CCCC(=O)O[C@H](COC(=O)CCCCCCC/C=C\CCCCCCCC)COP(=O)(O)OC[C@H](N)C(=O)O. The molecule has 57 heavy (non-hydrogen) atoms. The second kappa shape index (κ2) is 38.6. The van der Waals surface area contributed by atoms with Crippen molar-refractivity contribution in [3.8, 4) is 0 Å². The fourth-order valence-corrected chi connectivity index (χ4v) is 6.14. The first-order valence-corrected chi connectivity index (χ1v) is 22.9. The van der Waals surface area contributed by atoms with Gasteiger partial charge in [0.15, 0.2) is 6.10 Å². The monoisotopic (exact) mass is 826 g/mol. The van der Waals surface area contributed by atoms with E-state index < -0.39 is 63.8 Å². The molecule has 1 unspecified atom stereocenters. The lowest BCUT2D eigenvalue weighted by molar-refractivity contribution is -0.161. The van der Waals surface area contributed by atoms with Gasteiger partial charge in [-0.05, 0) is 70.6 Å². The third-order valence-electron chi connectivity index (χ3n) is 8.82. The van der Waals surface area contributed by atoms with Gasteiger partial charge in [-0.3, -0.25) is 23.4 Å². The number of hydrogen-bond acceptors (Lipinski definition) is 10. The quantitative estimate of drug-likeness (QED) is 0.0151. The van der Waals surface area contributed by atoms with Gasteiger partial charge in [-0.2, -0.15) is 0 Å². The molecule has 328 valence electrons. The summed E-state index contributed by atoms with van der Waals surface area (Å²) in [6.07, 6.45) is 40.3. The Morgan fingerprint density at radius 2 is 1.16 bits per heavy atom. The summed E-state index contributed by atoms with van der Waals surface area (Å²) >= 11 is 0. The number of nitrogens with two attached hydrogens (primary N) is 1. The highest BCUT2D eigenvalue weighted by molar-refractivity contribution is 7.47. The molecule has 4 atom stereocenters. The number of carbonyl (C=O) groups excluding carboxylic acids is 2. The van der Waals surface area contributed by atoms with Gasteiger partial charge in [0.05, 0.1) is 19.3 Å². The fourth-order valence-electron chi connectivity index (χ4n) is 5.37. The van der Waals surface area contributed by atoms with Gasteiger partial charge >= 0.3 is 25.7 Å². The summed E-state index contributed by atoms with van der Waals surface area (Å²) in [5, 5.41) is 18.9. The maximum Gasteiger partial charge on any atom is 0.472 e. The van der Waals surface area contributed by atoms with Gasteiger partial charge in [-0.25, -0.2) is 4.57 Å². The van der Waals surface area contributed by atoms with Crippen LogP contribution in [0.1, 0.15) is 162 Å². The van der Waals surface area contributed by atoms with Crippen molar-refractivity contribution in [2.24, 2.45) is 5.73 Å². The number of phosphoric ester groups is 1. The average Bonchev–Trinajstić information content (AvgIpc) is 3.18. The first kappa shape index (κ1) is 54.1. The van der Waals surface area contributed by atoms with E-state index in [0.29, 0.717) is 32.1 Å². The summed E-state index contributed by atoms with van der Waals surface area (Å²) in [5.74, 6) is -2.52. The molecule has 0 aliphatic carbocycles. The second-order valence-electron chi connectivity index (χ2n) is 14.3. The Labute approximate surface area is 343 Å². The largest absolute Gasteiger partial charge is 0.480 e. The van der Waals surface area contributed by atoms with Crippen molar-refractivity contribution in [2.75, 3.05) is 19.8 Å². The summed E-state index contributed by atoms with van der Waals surface area (Å²) in [5.41, 5.74) is 5.32. The van der Waals surface area contributed by atoms with Crippen LogP contribution >= 0.6 is 7.82 Å². The van der Waals surface area contributed by atoms with E-state index in [9.17, 15) is 28.9 Å². The number of hydrogen-bond donors (Lipinski definition) is 4. The number of ether oxygens (including phenoxy) is 2. The molecule has 0 saturated carbocycles. The van der Waals surface area contributed by atoms with Crippen molar-refractivity contribution in [1.82, 2.24) is 0 Å². The summed E-state index contributed by atoms with van der Waals surface area (Å²) < 4.78 is 32.6. The van der Waals surface area contributed by atoms with E-state index in [4.69, 9.17) is 24.8 Å². The number of allylic oxidation sites excluding steroid dienone is 8. The minimum Gasteiger partial charge on any atom is -0.480 e. The predicted octanol–water partition coefficient (Wildman–Crippen LogP) is 10.1. The van der Waals surface area contributed by atoms with E-state index in [1.54, 1.807) is 6.08 Å². The molecule has 0 aliphatic rings. The Morgan fingerprint density at radius 1 is 0.632 bits per heavy atom. The zero-order valence-electron chi connectivity index (χ0n) is 35.0. The first-order chi connectivity index (χ1) is 27.5.